The molecule has 9 heteroatoms. The number of hydrogen-bond donors (Lipinski definition) is 3. The summed E-state index contributed by atoms with van der Waals surface area (Å²) in [6.45, 7) is 0.643. The molecule has 0 bridgehead atoms. The molecule has 0 saturated heterocycles. The molecule has 0 aliphatic carbocycles. The van der Waals surface area contributed by atoms with Crippen LogP contribution in [0.1, 0.15) is 0 Å². The number of nitrogens with zero attached hydrogens (tertiary/aromatic N) is 2. The topological polar surface area (TPSA) is 116 Å². The van der Waals surface area contributed by atoms with Crippen LogP contribution in [0.25, 0.3) is 0 Å². The first kappa shape index (κ1) is 16.5. The third-order valence-electron chi connectivity index (χ3n) is 1.05. The minimum Gasteiger partial charge on any atom is -0.480 e. The number of guanidine groups is 1. The van der Waals surface area contributed by atoms with Crippen molar-refractivity contribution in [3.63, 3.8) is 0 Å². The van der Waals surface area contributed by atoms with E-state index in [1.165, 1.54) is 7.05 Å². The molecule has 0 fully saturated rings. The number of rotatable bonds is 3. The van der Waals surface area contributed by atoms with Gasteiger partial charge in [0, 0.05) is 46.4 Å². The van der Waals surface area contributed by atoms with Crippen molar-refractivity contribution in [1.82, 2.24) is 4.90 Å². The summed E-state index contributed by atoms with van der Waals surface area (Å²) in [4.78, 5) is 20.0. The fourth-order valence-electron chi connectivity index (χ4n) is 0.550. The maximum Gasteiger partial charge on any atom is 0.323 e. The molecular formula is C5H12N3O4PY. The molecule has 1 radical (unpaired) electrons. The van der Waals surface area contributed by atoms with E-state index in [0.29, 0.717) is 0 Å². The molecule has 14 heavy (non-hydrogen) atoms. The molecular weight excluding hydrogens is 286 g/mol. The van der Waals surface area contributed by atoms with Crippen LogP contribution in [0.3, 0.4) is 0 Å². The van der Waals surface area contributed by atoms with Crippen molar-refractivity contribution in [2.75, 3.05) is 20.3 Å². The van der Waals surface area contributed by atoms with Gasteiger partial charge in [-0.05, 0) is 0 Å². The first-order valence-electron chi connectivity index (χ1n) is 3.31. The van der Waals surface area contributed by atoms with Gasteiger partial charge in [0.1, 0.15) is 6.54 Å². The summed E-state index contributed by atoms with van der Waals surface area (Å²) < 4.78 is 14.0. The van der Waals surface area contributed by atoms with E-state index in [1.807, 2.05) is 0 Å². The quantitative estimate of drug-likeness (QED) is 0.354. The van der Waals surface area contributed by atoms with Crippen molar-refractivity contribution < 1.29 is 52.1 Å². The van der Waals surface area contributed by atoms with Crippen LogP contribution in [0.2, 0.25) is 0 Å². The Morgan fingerprint density at radius 3 is 2.36 bits per heavy atom. The van der Waals surface area contributed by atoms with Crippen molar-refractivity contribution in [3.05, 3.63) is 0 Å². The van der Waals surface area contributed by atoms with Crippen molar-refractivity contribution >= 4 is 19.4 Å². The van der Waals surface area contributed by atoms with Crippen LogP contribution < -0.4 is 5.73 Å². The fourth-order valence-corrected chi connectivity index (χ4v) is 1.08. The Balaban J connectivity index is 0. The molecule has 79 valence electrons. The minimum absolute atomic E-state index is 0. The maximum absolute atomic E-state index is 10.7. The molecule has 0 aromatic heterocycles. The molecule has 1 atom stereocenters. The number of carboxylic acids is 1. The normalized spacial score (nSPS) is 15.2. The summed E-state index contributed by atoms with van der Waals surface area (Å²) in [7, 11) is -2.23. The predicted molar refractivity (Wildman–Crippen MR) is 47.6 cm³/mol. The average Bonchev–Trinajstić information content (AvgIpc) is 1.81. The van der Waals surface area contributed by atoms with Gasteiger partial charge in [0.2, 0.25) is 0 Å². The van der Waals surface area contributed by atoms with Gasteiger partial charge < -0.3 is 20.6 Å². The monoisotopic (exact) mass is 298 g/mol. The van der Waals surface area contributed by atoms with E-state index in [-0.39, 0.29) is 45.2 Å². The Morgan fingerprint density at radius 2 is 2.07 bits per heavy atom. The molecule has 0 aliphatic rings. The van der Waals surface area contributed by atoms with Crippen LogP contribution in [-0.2, 0) is 42.1 Å². The van der Waals surface area contributed by atoms with E-state index in [2.05, 4.69) is 4.76 Å². The average molecular weight is 298 g/mol. The van der Waals surface area contributed by atoms with E-state index in [0.717, 1.165) is 11.6 Å². The first-order valence-corrected chi connectivity index (χ1v) is 5.37. The van der Waals surface area contributed by atoms with Crippen LogP contribution in [0.15, 0.2) is 4.76 Å². The van der Waals surface area contributed by atoms with E-state index in [4.69, 9.17) is 15.7 Å². The summed E-state index contributed by atoms with van der Waals surface area (Å²) in [6, 6.07) is 0. The summed E-state index contributed by atoms with van der Waals surface area (Å²) >= 11 is 0. The van der Waals surface area contributed by atoms with Crippen LogP contribution >= 0.6 is 7.52 Å². The number of hydrogen-bond acceptors (Lipinski definition) is 2. The van der Waals surface area contributed by atoms with Crippen molar-refractivity contribution in [1.29, 1.82) is 0 Å². The van der Waals surface area contributed by atoms with Crippen LogP contribution in [0, 0.1) is 0 Å². The predicted octanol–water partition coefficient (Wildman–Crippen LogP) is -0.870. The maximum atomic E-state index is 10.7. The molecule has 0 aliphatic heterocycles. The molecule has 0 spiro atoms. The van der Waals surface area contributed by atoms with Gasteiger partial charge in [0.05, 0.1) is 0 Å². The van der Waals surface area contributed by atoms with Gasteiger partial charge in [-0.3, -0.25) is 9.36 Å². The summed E-state index contributed by atoms with van der Waals surface area (Å²) in [5, 5.41) is 8.35. The molecule has 0 rings (SSSR count). The molecule has 0 aromatic carbocycles. The van der Waals surface area contributed by atoms with Gasteiger partial charge in [0.15, 0.2) is 5.96 Å². The van der Waals surface area contributed by atoms with Crippen molar-refractivity contribution in [2.45, 2.75) is 0 Å². The van der Waals surface area contributed by atoms with Gasteiger partial charge >= 0.3 is 13.5 Å². The summed E-state index contributed by atoms with van der Waals surface area (Å²) in [6.07, 6.45) is 0. The van der Waals surface area contributed by atoms with Crippen molar-refractivity contribution in [2.24, 2.45) is 10.5 Å². The van der Waals surface area contributed by atoms with E-state index in [9.17, 15) is 9.36 Å². The van der Waals surface area contributed by atoms with Gasteiger partial charge in [-0.15, -0.1) is 0 Å². The Morgan fingerprint density at radius 1 is 1.64 bits per heavy atom. The second-order valence-corrected chi connectivity index (χ2v) is 4.41. The molecule has 0 amide bonds. The van der Waals surface area contributed by atoms with Crippen LogP contribution in [0.5, 0.6) is 0 Å². The number of carboxylic acid groups (broad SMARTS) is 1. The SMILES string of the molecule is CN(CC(=O)O)/C(N)=N/P(C)(=O)O.[Y]. The van der Waals surface area contributed by atoms with Crippen molar-refractivity contribution in [3.8, 4) is 0 Å². The van der Waals surface area contributed by atoms with Crippen LogP contribution in [-0.4, -0.2) is 47.1 Å². The molecule has 1 unspecified atom stereocenters. The number of likely N-dealkylation sites (N-methyl/N-ethyl adjacent to an activating group) is 1. The van der Waals surface area contributed by atoms with Gasteiger partial charge in [-0.1, -0.05) is 0 Å². The molecule has 0 heterocycles. The second kappa shape index (κ2) is 6.51. The fraction of sp³-hybridized carbons (Fsp3) is 0.600. The number of nitrogens with two attached hydrogens (primary N) is 1. The Labute approximate surface area is 107 Å². The Kier molecular flexibility index (Phi) is 7.65. The molecule has 0 aromatic rings. The van der Waals surface area contributed by atoms with Gasteiger partial charge in [0.25, 0.3) is 0 Å². The third kappa shape index (κ3) is 8.62. The number of carbonyl (C=O) groups is 1. The second-order valence-electron chi connectivity index (χ2n) is 2.54. The summed E-state index contributed by atoms with van der Waals surface area (Å²) in [5.74, 6) is -1.36. The zero-order chi connectivity index (χ0) is 10.6. The largest absolute Gasteiger partial charge is 0.480 e. The third-order valence-corrected chi connectivity index (χ3v) is 1.63. The first-order chi connectivity index (χ1) is 5.72. The summed E-state index contributed by atoms with van der Waals surface area (Å²) in [5.41, 5.74) is 5.23. The van der Waals surface area contributed by atoms with E-state index in [1.54, 1.807) is 0 Å². The Bertz CT molecular complexity index is 276. The van der Waals surface area contributed by atoms with Gasteiger partial charge in [-0.2, -0.15) is 4.76 Å². The number of aliphatic carboxylic acids is 1. The molecule has 4 N–H and O–H groups in total. The van der Waals surface area contributed by atoms with Gasteiger partial charge in [-0.25, -0.2) is 0 Å². The minimum atomic E-state index is -3.59. The zero-order valence-electron chi connectivity index (χ0n) is 7.91. The molecule has 0 saturated carbocycles. The molecule has 7 nitrogen and oxygen atoms in total. The Hall–Kier alpha value is 0.0339. The van der Waals surface area contributed by atoms with E-state index < -0.39 is 13.5 Å². The smallest absolute Gasteiger partial charge is 0.323 e. The zero-order valence-corrected chi connectivity index (χ0v) is 11.6. The standard InChI is InChI=1S/C5H12N3O4P.Y/c1-8(3-4(9)10)5(6)7-13(2,11)12;/h3H2,1-2H3,(H,9,10)(H3,6,7,11,12);. The van der Waals surface area contributed by atoms with Crippen LogP contribution in [0.4, 0.5) is 0 Å². The van der Waals surface area contributed by atoms with E-state index >= 15 is 0 Å².